The molecule has 0 aromatic carbocycles. The third kappa shape index (κ3) is 5.60. The molecule has 0 atom stereocenters. The van der Waals surface area contributed by atoms with Gasteiger partial charge in [0.15, 0.2) is 5.96 Å². The van der Waals surface area contributed by atoms with Crippen molar-refractivity contribution in [3.8, 4) is 0 Å². The molecule has 1 aliphatic carbocycles. The molecule has 0 spiro atoms. The van der Waals surface area contributed by atoms with E-state index in [0.717, 1.165) is 18.2 Å². The van der Waals surface area contributed by atoms with E-state index in [2.05, 4.69) is 37.6 Å². The third-order valence-corrected chi connectivity index (χ3v) is 4.56. The van der Waals surface area contributed by atoms with Crippen molar-refractivity contribution in [1.82, 2.24) is 25.6 Å². The molecule has 0 radical (unpaired) electrons. The molecule has 9 heteroatoms. The van der Waals surface area contributed by atoms with Crippen molar-refractivity contribution in [2.24, 2.45) is 10.4 Å². The van der Waals surface area contributed by atoms with Crippen LogP contribution < -0.4 is 10.6 Å². The molecule has 2 rings (SSSR count). The largest absolute Gasteiger partial charge is 0.468 e. The molecule has 24 heavy (non-hydrogen) atoms. The van der Waals surface area contributed by atoms with Crippen LogP contribution >= 0.6 is 24.0 Å². The molecule has 0 amide bonds. The minimum absolute atomic E-state index is 0. The molecular weight excluding hydrogens is 423 g/mol. The molecule has 1 aromatic heterocycles. The number of carbonyl (C=O) groups is 1. The summed E-state index contributed by atoms with van der Waals surface area (Å²) in [5, 5.41) is 14.5. The highest BCUT2D eigenvalue weighted by Crippen LogP contribution is 2.42. The van der Waals surface area contributed by atoms with Gasteiger partial charge in [0.25, 0.3) is 0 Å². The Labute approximate surface area is 159 Å². The van der Waals surface area contributed by atoms with E-state index in [-0.39, 0.29) is 36.5 Å². The maximum absolute atomic E-state index is 11.2. The molecule has 1 aliphatic rings. The van der Waals surface area contributed by atoms with Crippen LogP contribution in [0.4, 0.5) is 0 Å². The predicted octanol–water partition coefficient (Wildman–Crippen LogP) is 1.31. The number of aromatic nitrogens is 3. The average Bonchev–Trinajstić information content (AvgIpc) is 2.96. The first-order valence-corrected chi connectivity index (χ1v) is 8.01. The Morgan fingerprint density at radius 2 is 2.21 bits per heavy atom. The van der Waals surface area contributed by atoms with Crippen LogP contribution in [0.15, 0.2) is 11.2 Å². The monoisotopic (exact) mass is 450 g/mol. The second-order valence-corrected chi connectivity index (χ2v) is 5.97. The number of methoxy groups -OCH3 is 1. The molecule has 1 saturated carbocycles. The second-order valence-electron chi connectivity index (χ2n) is 5.97. The van der Waals surface area contributed by atoms with Crippen molar-refractivity contribution in [2.45, 2.75) is 45.7 Å². The minimum atomic E-state index is -0.350. The standard InChI is InChI=1S/C15H26N6O2.HI/c1-4-15(6-5-7-15)11-18-14(16-2)17-8-12-9-21(20-19-12)10-13(22)23-3;/h9H,4-8,10-11H2,1-3H3,(H2,16,17,18);1H. The Kier molecular flexibility index (Phi) is 8.43. The normalized spacial score (nSPS) is 15.9. The lowest BCUT2D eigenvalue weighted by Gasteiger charge is -2.41. The van der Waals surface area contributed by atoms with Crippen LogP contribution in [0.5, 0.6) is 0 Å². The second kappa shape index (κ2) is 9.80. The van der Waals surface area contributed by atoms with Gasteiger partial charge < -0.3 is 15.4 Å². The van der Waals surface area contributed by atoms with Gasteiger partial charge in [0.05, 0.1) is 19.9 Å². The van der Waals surface area contributed by atoms with E-state index < -0.39 is 0 Å². The van der Waals surface area contributed by atoms with Crippen LogP contribution in [0.25, 0.3) is 0 Å². The molecule has 1 heterocycles. The Bertz CT molecular complexity index is 550. The van der Waals surface area contributed by atoms with Gasteiger partial charge in [-0.25, -0.2) is 4.68 Å². The Balaban J connectivity index is 0.00000288. The van der Waals surface area contributed by atoms with Crippen molar-refractivity contribution in [1.29, 1.82) is 0 Å². The van der Waals surface area contributed by atoms with Crippen LogP contribution in [0.3, 0.4) is 0 Å². The number of ether oxygens (including phenoxy) is 1. The number of hydrogen-bond donors (Lipinski definition) is 2. The summed E-state index contributed by atoms with van der Waals surface area (Å²) in [6.45, 7) is 3.75. The zero-order valence-corrected chi connectivity index (χ0v) is 16.9. The smallest absolute Gasteiger partial charge is 0.327 e. The van der Waals surface area contributed by atoms with E-state index in [9.17, 15) is 4.79 Å². The van der Waals surface area contributed by atoms with E-state index in [1.54, 1.807) is 13.2 Å². The van der Waals surface area contributed by atoms with Gasteiger partial charge in [-0.05, 0) is 24.7 Å². The van der Waals surface area contributed by atoms with Crippen molar-refractivity contribution >= 4 is 35.9 Å². The SMILES string of the molecule is CCC1(CNC(=NC)NCc2cn(CC(=O)OC)nn2)CCC1.I. The molecule has 1 aromatic rings. The topological polar surface area (TPSA) is 93.4 Å². The van der Waals surface area contributed by atoms with Gasteiger partial charge in [-0.2, -0.15) is 0 Å². The Morgan fingerprint density at radius 3 is 2.75 bits per heavy atom. The molecule has 0 bridgehead atoms. The van der Waals surface area contributed by atoms with Gasteiger partial charge in [0.1, 0.15) is 12.2 Å². The molecule has 0 saturated heterocycles. The highest BCUT2D eigenvalue weighted by atomic mass is 127. The zero-order valence-electron chi connectivity index (χ0n) is 14.5. The summed E-state index contributed by atoms with van der Waals surface area (Å²) in [6, 6.07) is 0. The molecule has 0 aliphatic heterocycles. The lowest BCUT2D eigenvalue weighted by atomic mass is 9.67. The number of carbonyl (C=O) groups excluding carboxylic acids is 1. The summed E-state index contributed by atoms with van der Waals surface area (Å²) in [6.07, 6.45) is 6.81. The van der Waals surface area contributed by atoms with Gasteiger partial charge in [-0.1, -0.05) is 18.6 Å². The molecule has 2 N–H and O–H groups in total. The summed E-state index contributed by atoms with van der Waals surface area (Å²) in [5.74, 6) is 0.407. The summed E-state index contributed by atoms with van der Waals surface area (Å²) in [4.78, 5) is 15.4. The molecule has 136 valence electrons. The van der Waals surface area contributed by atoms with Crippen molar-refractivity contribution in [3.05, 3.63) is 11.9 Å². The molecule has 1 fully saturated rings. The maximum Gasteiger partial charge on any atom is 0.327 e. The number of rotatable bonds is 7. The van der Waals surface area contributed by atoms with Crippen molar-refractivity contribution < 1.29 is 9.53 Å². The summed E-state index contributed by atoms with van der Waals surface area (Å²) < 4.78 is 6.06. The highest BCUT2D eigenvalue weighted by molar-refractivity contribution is 14.0. The van der Waals surface area contributed by atoms with E-state index >= 15 is 0 Å². The molecule has 0 unspecified atom stereocenters. The Morgan fingerprint density at radius 1 is 1.46 bits per heavy atom. The molecular formula is C15H27IN6O2. The molecule has 8 nitrogen and oxygen atoms in total. The lowest BCUT2D eigenvalue weighted by Crippen LogP contribution is -2.46. The number of guanidine groups is 1. The first kappa shape index (κ1) is 20.7. The quantitative estimate of drug-likeness (QED) is 0.282. The van der Waals surface area contributed by atoms with E-state index in [0.29, 0.717) is 12.0 Å². The minimum Gasteiger partial charge on any atom is -0.468 e. The van der Waals surface area contributed by atoms with Crippen LogP contribution in [0, 0.1) is 5.41 Å². The van der Waals surface area contributed by atoms with Crippen LogP contribution in [0.2, 0.25) is 0 Å². The van der Waals surface area contributed by atoms with Gasteiger partial charge in [-0.15, -0.1) is 29.1 Å². The fourth-order valence-corrected chi connectivity index (χ4v) is 2.69. The first-order valence-electron chi connectivity index (χ1n) is 8.01. The van der Waals surface area contributed by atoms with Crippen LogP contribution in [-0.4, -0.2) is 47.6 Å². The van der Waals surface area contributed by atoms with Crippen LogP contribution in [0.1, 0.15) is 38.3 Å². The number of halogens is 1. The van der Waals surface area contributed by atoms with Gasteiger partial charge in [-0.3, -0.25) is 9.79 Å². The van der Waals surface area contributed by atoms with E-state index in [1.165, 1.54) is 37.5 Å². The predicted molar refractivity (Wildman–Crippen MR) is 102 cm³/mol. The highest BCUT2D eigenvalue weighted by Gasteiger charge is 2.34. The fourth-order valence-electron chi connectivity index (χ4n) is 2.69. The number of esters is 1. The zero-order chi connectivity index (χ0) is 16.7. The summed E-state index contributed by atoms with van der Waals surface area (Å²) in [5.41, 5.74) is 1.17. The lowest BCUT2D eigenvalue weighted by molar-refractivity contribution is -0.141. The van der Waals surface area contributed by atoms with E-state index in [1.807, 2.05) is 0 Å². The number of aliphatic imine (C=N–C) groups is 1. The summed E-state index contributed by atoms with van der Waals surface area (Å²) in [7, 11) is 3.10. The average molecular weight is 450 g/mol. The third-order valence-electron chi connectivity index (χ3n) is 4.56. The van der Waals surface area contributed by atoms with Crippen LogP contribution in [-0.2, 0) is 22.6 Å². The van der Waals surface area contributed by atoms with Gasteiger partial charge >= 0.3 is 5.97 Å². The Hall–Kier alpha value is -1.39. The summed E-state index contributed by atoms with van der Waals surface area (Å²) >= 11 is 0. The number of hydrogen-bond acceptors (Lipinski definition) is 5. The van der Waals surface area contributed by atoms with Gasteiger partial charge in [0.2, 0.25) is 0 Å². The fraction of sp³-hybridized carbons (Fsp3) is 0.733. The van der Waals surface area contributed by atoms with Crippen molar-refractivity contribution in [3.63, 3.8) is 0 Å². The number of nitrogens with zero attached hydrogens (tertiary/aromatic N) is 4. The van der Waals surface area contributed by atoms with E-state index in [4.69, 9.17) is 0 Å². The van der Waals surface area contributed by atoms with Gasteiger partial charge in [0, 0.05) is 13.6 Å². The first-order chi connectivity index (χ1) is 11.1. The number of nitrogens with one attached hydrogen (secondary N) is 2. The maximum atomic E-state index is 11.2. The van der Waals surface area contributed by atoms with Crippen molar-refractivity contribution in [2.75, 3.05) is 20.7 Å².